The van der Waals surface area contributed by atoms with Crippen LogP contribution < -0.4 is 10.2 Å². The molecular weight excluding hydrogens is 354 g/mol. The number of likely N-dealkylation sites (N-methyl/N-ethyl adjacent to an activating group) is 1. The van der Waals surface area contributed by atoms with E-state index in [1.54, 1.807) is 44.3 Å². The summed E-state index contributed by atoms with van der Waals surface area (Å²) < 4.78 is 31.1. The van der Waals surface area contributed by atoms with Crippen molar-refractivity contribution in [1.29, 1.82) is 0 Å². The summed E-state index contributed by atoms with van der Waals surface area (Å²) in [6.07, 6.45) is 2.94. The van der Waals surface area contributed by atoms with Crippen LogP contribution >= 0.6 is 0 Å². The van der Waals surface area contributed by atoms with Crippen LogP contribution in [0.4, 0.5) is 20.2 Å². The number of esters is 1. The van der Waals surface area contributed by atoms with Crippen LogP contribution in [0.2, 0.25) is 0 Å². The molecule has 27 heavy (non-hydrogen) atoms. The summed E-state index contributed by atoms with van der Waals surface area (Å²) in [6.45, 7) is 2.01. The zero-order chi connectivity index (χ0) is 19.8. The molecule has 0 saturated heterocycles. The number of amides is 1. The molecule has 2 aromatic carbocycles. The van der Waals surface area contributed by atoms with Crippen LogP contribution in [0.25, 0.3) is 6.08 Å². The van der Waals surface area contributed by atoms with E-state index in [1.165, 1.54) is 17.0 Å². The van der Waals surface area contributed by atoms with Gasteiger partial charge in [0.25, 0.3) is 0 Å². The zero-order valence-electron chi connectivity index (χ0n) is 15.0. The highest BCUT2D eigenvalue weighted by Crippen LogP contribution is 2.17. The summed E-state index contributed by atoms with van der Waals surface area (Å²) in [5.41, 5.74) is 1.75. The van der Waals surface area contributed by atoms with E-state index in [0.29, 0.717) is 18.0 Å². The van der Waals surface area contributed by atoms with Gasteiger partial charge in [-0.2, -0.15) is 0 Å². The number of carbonyl (C=O) groups excluding carboxylic acids is 2. The van der Waals surface area contributed by atoms with Crippen LogP contribution in [0.5, 0.6) is 0 Å². The Balaban J connectivity index is 1.91. The lowest BCUT2D eigenvalue weighted by Crippen LogP contribution is -2.30. The van der Waals surface area contributed by atoms with E-state index in [4.69, 9.17) is 4.74 Å². The predicted molar refractivity (Wildman–Crippen MR) is 100 cm³/mol. The fourth-order valence-electron chi connectivity index (χ4n) is 2.26. The maximum Gasteiger partial charge on any atom is 0.330 e. The molecular formula is C20H20F2N2O3. The normalized spacial score (nSPS) is 10.7. The third-order valence-corrected chi connectivity index (χ3v) is 3.62. The van der Waals surface area contributed by atoms with Crippen LogP contribution in [0.1, 0.15) is 12.5 Å². The molecule has 0 fully saturated rings. The Bertz CT molecular complexity index is 836. The van der Waals surface area contributed by atoms with Crippen molar-refractivity contribution >= 4 is 29.3 Å². The number of halogens is 2. The molecule has 142 valence electrons. The summed E-state index contributed by atoms with van der Waals surface area (Å²) >= 11 is 0. The van der Waals surface area contributed by atoms with E-state index in [1.807, 2.05) is 0 Å². The molecule has 0 aromatic heterocycles. The molecule has 1 amide bonds. The lowest BCUT2D eigenvalue weighted by molar-refractivity contribution is -0.137. The van der Waals surface area contributed by atoms with Crippen molar-refractivity contribution in [2.45, 2.75) is 6.92 Å². The van der Waals surface area contributed by atoms with Crippen LogP contribution in [0.3, 0.4) is 0 Å². The van der Waals surface area contributed by atoms with Crippen LogP contribution in [-0.2, 0) is 14.3 Å². The van der Waals surface area contributed by atoms with Gasteiger partial charge in [-0.1, -0.05) is 12.1 Å². The van der Waals surface area contributed by atoms with E-state index < -0.39 is 17.6 Å². The average molecular weight is 374 g/mol. The third kappa shape index (κ3) is 6.22. The molecule has 7 heteroatoms. The topological polar surface area (TPSA) is 58.6 Å². The minimum absolute atomic E-state index is 0.0322. The average Bonchev–Trinajstić information content (AvgIpc) is 2.63. The molecule has 0 saturated carbocycles. The molecule has 0 atom stereocenters. The van der Waals surface area contributed by atoms with E-state index >= 15 is 0 Å². The van der Waals surface area contributed by atoms with Crippen molar-refractivity contribution in [1.82, 2.24) is 0 Å². The first-order valence-electron chi connectivity index (χ1n) is 8.30. The highest BCUT2D eigenvalue weighted by atomic mass is 19.2. The Kier molecular flexibility index (Phi) is 7.05. The SMILES string of the molecule is CCOC(=O)C=Cc1ccc(NC(=O)CN(C)c2ccc(F)c(F)c2)cc1. The number of benzene rings is 2. The molecule has 5 nitrogen and oxygen atoms in total. The Morgan fingerprint density at radius 1 is 1.11 bits per heavy atom. The van der Waals surface area contributed by atoms with Crippen molar-refractivity contribution in [3.8, 4) is 0 Å². The molecule has 0 unspecified atom stereocenters. The van der Waals surface area contributed by atoms with E-state index in [-0.39, 0.29) is 12.5 Å². The highest BCUT2D eigenvalue weighted by Gasteiger charge is 2.10. The second-order valence-electron chi connectivity index (χ2n) is 5.71. The number of carbonyl (C=O) groups is 2. The van der Waals surface area contributed by atoms with Gasteiger partial charge in [0.2, 0.25) is 5.91 Å². The highest BCUT2D eigenvalue weighted by molar-refractivity contribution is 5.94. The lowest BCUT2D eigenvalue weighted by atomic mass is 10.2. The van der Waals surface area contributed by atoms with E-state index in [9.17, 15) is 18.4 Å². The summed E-state index contributed by atoms with van der Waals surface area (Å²) in [6, 6.07) is 10.3. The standard InChI is InChI=1S/C20H20F2N2O3/c1-3-27-20(26)11-6-14-4-7-15(8-5-14)23-19(25)13-24(2)16-9-10-17(21)18(22)12-16/h4-12H,3,13H2,1-2H3,(H,23,25). The lowest BCUT2D eigenvalue weighted by Gasteiger charge is -2.19. The second-order valence-corrected chi connectivity index (χ2v) is 5.71. The first-order valence-corrected chi connectivity index (χ1v) is 8.30. The third-order valence-electron chi connectivity index (χ3n) is 3.62. The number of anilines is 2. The fraction of sp³-hybridized carbons (Fsp3) is 0.200. The molecule has 0 heterocycles. The van der Waals surface area contributed by atoms with Gasteiger partial charge in [-0.25, -0.2) is 13.6 Å². The van der Waals surface area contributed by atoms with Gasteiger partial charge in [-0.3, -0.25) is 4.79 Å². The molecule has 0 bridgehead atoms. The number of hydrogen-bond acceptors (Lipinski definition) is 4. The van der Waals surface area contributed by atoms with Crippen molar-refractivity contribution in [3.05, 3.63) is 65.7 Å². The van der Waals surface area contributed by atoms with Gasteiger partial charge in [-0.15, -0.1) is 0 Å². The first-order chi connectivity index (χ1) is 12.9. The van der Waals surface area contributed by atoms with Crippen LogP contribution in [0, 0.1) is 11.6 Å². The maximum absolute atomic E-state index is 13.3. The molecule has 0 spiro atoms. The number of rotatable bonds is 7. The molecule has 0 radical (unpaired) electrons. The van der Waals surface area contributed by atoms with Crippen LogP contribution in [-0.4, -0.2) is 32.1 Å². The van der Waals surface area contributed by atoms with Crippen molar-refractivity contribution < 1.29 is 23.1 Å². The number of ether oxygens (including phenoxy) is 1. The summed E-state index contributed by atoms with van der Waals surface area (Å²) in [4.78, 5) is 24.9. The van der Waals surface area contributed by atoms with Gasteiger partial charge in [0.05, 0.1) is 13.2 Å². The Morgan fingerprint density at radius 2 is 1.81 bits per heavy atom. The zero-order valence-corrected chi connectivity index (χ0v) is 15.0. The minimum atomic E-state index is -0.966. The predicted octanol–water partition coefficient (Wildman–Crippen LogP) is 3.62. The summed E-state index contributed by atoms with van der Waals surface area (Å²) in [5.74, 6) is -2.63. The molecule has 2 rings (SSSR count). The fourth-order valence-corrected chi connectivity index (χ4v) is 2.26. The van der Waals surface area contributed by atoms with Crippen molar-refractivity contribution in [2.24, 2.45) is 0 Å². The Hall–Kier alpha value is -3.22. The smallest absolute Gasteiger partial charge is 0.330 e. The van der Waals surface area contributed by atoms with Crippen molar-refractivity contribution in [2.75, 3.05) is 30.4 Å². The molecule has 0 aliphatic carbocycles. The van der Waals surface area contributed by atoms with Gasteiger partial charge in [-0.05, 0) is 42.8 Å². The molecule has 0 aliphatic heterocycles. The summed E-state index contributed by atoms with van der Waals surface area (Å²) in [7, 11) is 1.61. The maximum atomic E-state index is 13.3. The molecule has 2 aromatic rings. The van der Waals surface area contributed by atoms with Crippen molar-refractivity contribution in [3.63, 3.8) is 0 Å². The monoisotopic (exact) mass is 374 g/mol. The number of nitrogens with one attached hydrogen (secondary N) is 1. The van der Waals surface area contributed by atoms with Gasteiger partial charge in [0, 0.05) is 30.6 Å². The molecule has 0 aliphatic rings. The largest absolute Gasteiger partial charge is 0.463 e. The van der Waals surface area contributed by atoms with Gasteiger partial charge < -0.3 is 15.0 Å². The summed E-state index contributed by atoms with van der Waals surface area (Å²) in [5, 5.41) is 2.72. The number of hydrogen-bond donors (Lipinski definition) is 1. The van der Waals surface area contributed by atoms with E-state index in [0.717, 1.165) is 17.7 Å². The van der Waals surface area contributed by atoms with Crippen LogP contribution in [0.15, 0.2) is 48.5 Å². The first kappa shape index (κ1) is 20.1. The molecule has 1 N–H and O–H groups in total. The minimum Gasteiger partial charge on any atom is -0.463 e. The quantitative estimate of drug-likeness (QED) is 0.594. The van der Waals surface area contributed by atoms with Gasteiger partial charge >= 0.3 is 5.97 Å². The Labute approximate surface area is 156 Å². The number of nitrogens with zero attached hydrogens (tertiary/aromatic N) is 1. The van der Waals surface area contributed by atoms with E-state index in [2.05, 4.69) is 5.32 Å². The van der Waals surface area contributed by atoms with Gasteiger partial charge in [0.15, 0.2) is 11.6 Å². The van der Waals surface area contributed by atoms with Gasteiger partial charge in [0.1, 0.15) is 0 Å². The Morgan fingerprint density at radius 3 is 2.44 bits per heavy atom. The second kappa shape index (κ2) is 9.47.